The van der Waals surface area contributed by atoms with E-state index in [1.165, 1.54) is 11.0 Å². The number of anilines is 1. The number of nitrogens with one attached hydrogen (secondary N) is 1. The Bertz CT molecular complexity index is 1040. The number of hydrogen-bond donors (Lipinski definition) is 2. The number of aryl methyl sites for hydroxylation is 1. The van der Waals surface area contributed by atoms with Crippen LogP contribution < -0.4 is 10.2 Å². The Morgan fingerprint density at radius 2 is 1.89 bits per heavy atom. The number of carbonyl (C=O) groups is 2. The number of phenols is 1. The molecule has 1 fully saturated rings. The van der Waals surface area contributed by atoms with Crippen molar-refractivity contribution in [1.82, 2.24) is 5.32 Å². The Labute approximate surface area is 191 Å². The maximum atomic E-state index is 13.1. The van der Waals surface area contributed by atoms with Crippen molar-refractivity contribution < 1.29 is 14.7 Å². The van der Waals surface area contributed by atoms with E-state index >= 15 is 0 Å². The van der Waals surface area contributed by atoms with Crippen molar-refractivity contribution in [3.63, 3.8) is 0 Å². The first-order chi connectivity index (χ1) is 12.7. The van der Waals surface area contributed by atoms with Gasteiger partial charge in [0.05, 0.1) is 9.26 Å². The van der Waals surface area contributed by atoms with Gasteiger partial charge in [0, 0.05) is 14.5 Å². The second kappa shape index (κ2) is 7.98. The highest BCUT2D eigenvalue weighted by Crippen LogP contribution is 2.32. The van der Waals surface area contributed by atoms with Crippen molar-refractivity contribution in [2.45, 2.75) is 6.92 Å². The summed E-state index contributed by atoms with van der Waals surface area (Å²) in [5.74, 6) is -1.17. The normalized spacial score (nSPS) is 16.1. The summed E-state index contributed by atoms with van der Waals surface area (Å²) in [7, 11) is 0. The largest absolute Gasteiger partial charge is 0.506 e. The van der Waals surface area contributed by atoms with Gasteiger partial charge in [0.25, 0.3) is 11.8 Å². The van der Waals surface area contributed by atoms with Gasteiger partial charge >= 0.3 is 0 Å². The Balaban J connectivity index is 2.11. The number of nitrogens with zero attached hydrogens (tertiary/aromatic N) is 1. The fourth-order valence-corrected chi connectivity index (χ4v) is 4.90. The standard InChI is InChI=1S/C18H11Br2IN2O3S/c1-8-4-10(19)2-3-14(8)23-17(26)12(16(25)22-18(23)27)6-9-5-11(20)7-13(21)15(9)24/h2-7,24H,1H3,(H,22,25,27)/b12-6-. The molecule has 1 saturated heterocycles. The third kappa shape index (κ3) is 4.10. The van der Waals surface area contributed by atoms with Gasteiger partial charge in [-0.25, -0.2) is 0 Å². The molecule has 2 N–H and O–H groups in total. The molecule has 0 radical (unpaired) electrons. The minimum atomic E-state index is -0.606. The topological polar surface area (TPSA) is 69.6 Å². The maximum Gasteiger partial charge on any atom is 0.270 e. The zero-order valence-corrected chi connectivity index (χ0v) is 19.9. The van der Waals surface area contributed by atoms with E-state index in [2.05, 4.69) is 37.2 Å². The van der Waals surface area contributed by atoms with E-state index in [-0.39, 0.29) is 16.4 Å². The van der Waals surface area contributed by atoms with Gasteiger partial charge in [-0.3, -0.25) is 19.8 Å². The molecule has 0 spiro atoms. The number of aromatic hydroxyl groups is 1. The number of halogens is 3. The first kappa shape index (κ1) is 20.4. The molecule has 3 rings (SSSR count). The van der Waals surface area contributed by atoms with Gasteiger partial charge in [-0.2, -0.15) is 0 Å². The summed E-state index contributed by atoms with van der Waals surface area (Å²) in [6.45, 7) is 1.85. The number of thiocarbonyl (C=S) groups is 1. The summed E-state index contributed by atoms with van der Waals surface area (Å²) < 4.78 is 2.18. The van der Waals surface area contributed by atoms with Crippen LogP contribution in [0.25, 0.3) is 6.08 Å². The van der Waals surface area contributed by atoms with Crippen LogP contribution in [0.4, 0.5) is 5.69 Å². The minimum Gasteiger partial charge on any atom is -0.506 e. The van der Waals surface area contributed by atoms with E-state index in [0.29, 0.717) is 14.8 Å². The number of rotatable bonds is 2. The summed E-state index contributed by atoms with van der Waals surface area (Å²) in [4.78, 5) is 26.8. The molecule has 0 aliphatic carbocycles. The predicted molar refractivity (Wildman–Crippen MR) is 124 cm³/mol. The lowest BCUT2D eigenvalue weighted by molar-refractivity contribution is -0.122. The van der Waals surface area contributed by atoms with Crippen molar-refractivity contribution in [1.29, 1.82) is 0 Å². The van der Waals surface area contributed by atoms with Crippen LogP contribution >= 0.6 is 66.7 Å². The molecule has 9 heteroatoms. The van der Waals surface area contributed by atoms with E-state index in [1.807, 2.05) is 35.6 Å². The Morgan fingerprint density at radius 3 is 2.56 bits per heavy atom. The number of phenolic OH excluding ortho intramolecular Hbond substituents is 1. The Kier molecular flexibility index (Phi) is 6.04. The van der Waals surface area contributed by atoms with Gasteiger partial charge in [-0.15, -0.1) is 0 Å². The molecule has 2 aromatic carbocycles. The van der Waals surface area contributed by atoms with Crippen LogP contribution in [0.2, 0.25) is 0 Å². The van der Waals surface area contributed by atoms with Crippen LogP contribution in [0.15, 0.2) is 44.9 Å². The van der Waals surface area contributed by atoms with E-state index in [9.17, 15) is 14.7 Å². The first-order valence-corrected chi connectivity index (χ1v) is 10.6. The highest BCUT2D eigenvalue weighted by molar-refractivity contribution is 14.1. The molecule has 1 aliphatic rings. The summed E-state index contributed by atoms with van der Waals surface area (Å²) >= 11 is 13.9. The fraction of sp³-hybridized carbons (Fsp3) is 0.0556. The van der Waals surface area contributed by atoms with Crippen LogP contribution in [-0.2, 0) is 9.59 Å². The second-order valence-electron chi connectivity index (χ2n) is 5.71. The number of amides is 2. The quantitative estimate of drug-likeness (QED) is 0.222. The van der Waals surface area contributed by atoms with Crippen molar-refractivity contribution >= 4 is 95.4 Å². The molecule has 27 heavy (non-hydrogen) atoms. The van der Waals surface area contributed by atoms with Gasteiger partial charge in [0.1, 0.15) is 11.3 Å². The average Bonchev–Trinajstić information content (AvgIpc) is 2.57. The van der Waals surface area contributed by atoms with Crippen molar-refractivity contribution in [3.05, 3.63) is 59.5 Å². The van der Waals surface area contributed by atoms with E-state index < -0.39 is 11.8 Å². The molecule has 0 saturated carbocycles. The highest BCUT2D eigenvalue weighted by atomic mass is 127. The maximum absolute atomic E-state index is 13.1. The molecule has 1 aliphatic heterocycles. The lowest BCUT2D eigenvalue weighted by Crippen LogP contribution is -2.54. The van der Waals surface area contributed by atoms with Gasteiger partial charge in [0.15, 0.2) is 5.11 Å². The number of hydrogen-bond acceptors (Lipinski definition) is 4. The molecular formula is C18H11Br2IN2O3S. The molecule has 0 unspecified atom stereocenters. The zero-order valence-electron chi connectivity index (χ0n) is 13.7. The van der Waals surface area contributed by atoms with Crippen molar-refractivity contribution in [2.24, 2.45) is 0 Å². The van der Waals surface area contributed by atoms with E-state index in [4.69, 9.17) is 12.2 Å². The SMILES string of the molecule is Cc1cc(Br)ccc1N1C(=O)/C(=C\c2cc(Br)cc(I)c2O)C(=O)NC1=S. The van der Waals surface area contributed by atoms with Crippen LogP contribution in [0.1, 0.15) is 11.1 Å². The van der Waals surface area contributed by atoms with Crippen LogP contribution in [0.5, 0.6) is 5.75 Å². The van der Waals surface area contributed by atoms with Crippen LogP contribution in [0, 0.1) is 10.5 Å². The monoisotopic (exact) mass is 620 g/mol. The predicted octanol–water partition coefficient (Wildman–Crippen LogP) is 4.66. The molecule has 0 aromatic heterocycles. The molecule has 138 valence electrons. The van der Waals surface area contributed by atoms with E-state index in [0.717, 1.165) is 14.5 Å². The number of benzene rings is 2. The summed E-state index contributed by atoms with van der Waals surface area (Å²) in [5, 5.41) is 12.8. The molecular weight excluding hydrogens is 611 g/mol. The van der Waals surface area contributed by atoms with Gasteiger partial charge in [-0.1, -0.05) is 31.9 Å². The lowest BCUT2D eigenvalue weighted by atomic mass is 10.1. The minimum absolute atomic E-state index is 0.00794. The highest BCUT2D eigenvalue weighted by Gasteiger charge is 2.35. The third-order valence-corrected chi connectivity index (χ3v) is 5.92. The van der Waals surface area contributed by atoms with Gasteiger partial charge in [-0.05, 0) is 83.7 Å². The average molecular weight is 622 g/mol. The Hall–Kier alpha value is -1.30. The zero-order chi connectivity index (χ0) is 19.9. The van der Waals surface area contributed by atoms with Gasteiger partial charge < -0.3 is 5.11 Å². The van der Waals surface area contributed by atoms with Crippen LogP contribution in [0.3, 0.4) is 0 Å². The summed E-state index contributed by atoms with van der Waals surface area (Å²) in [6.07, 6.45) is 1.36. The second-order valence-corrected chi connectivity index (χ2v) is 9.09. The third-order valence-electron chi connectivity index (χ3n) is 3.86. The molecule has 0 bridgehead atoms. The fourth-order valence-electron chi connectivity index (χ4n) is 2.60. The van der Waals surface area contributed by atoms with Crippen molar-refractivity contribution in [2.75, 3.05) is 4.90 Å². The molecule has 5 nitrogen and oxygen atoms in total. The molecule has 2 amide bonds. The van der Waals surface area contributed by atoms with Crippen molar-refractivity contribution in [3.8, 4) is 5.75 Å². The Morgan fingerprint density at radius 1 is 1.19 bits per heavy atom. The van der Waals surface area contributed by atoms with Gasteiger partial charge in [0.2, 0.25) is 0 Å². The summed E-state index contributed by atoms with van der Waals surface area (Å²) in [5.41, 5.74) is 1.63. The number of carbonyl (C=O) groups excluding carboxylic acids is 2. The molecule has 1 heterocycles. The molecule has 2 aromatic rings. The summed E-state index contributed by atoms with van der Waals surface area (Å²) in [6, 6.07) is 8.76. The smallest absolute Gasteiger partial charge is 0.270 e. The van der Waals surface area contributed by atoms with E-state index in [1.54, 1.807) is 24.3 Å². The first-order valence-electron chi connectivity index (χ1n) is 7.54. The lowest BCUT2D eigenvalue weighted by Gasteiger charge is -2.30. The van der Waals surface area contributed by atoms with Crippen LogP contribution in [-0.4, -0.2) is 22.0 Å². The molecule has 0 atom stereocenters.